The summed E-state index contributed by atoms with van der Waals surface area (Å²) in [5, 5.41) is 2.79. The third-order valence-electron chi connectivity index (χ3n) is 3.25. The lowest BCUT2D eigenvalue weighted by Crippen LogP contribution is -2.31. The van der Waals surface area contributed by atoms with Crippen molar-refractivity contribution in [3.05, 3.63) is 27.7 Å². The summed E-state index contributed by atoms with van der Waals surface area (Å²) in [5.74, 6) is 0.143. The monoisotopic (exact) mass is 380 g/mol. The first kappa shape index (κ1) is 15.8. The maximum absolute atomic E-state index is 12.5. The summed E-state index contributed by atoms with van der Waals surface area (Å²) < 4.78 is 27.2. The number of amides is 1. The molecular weight excluding hydrogens is 368 g/mol. The third-order valence-corrected chi connectivity index (χ3v) is 6.09. The molecule has 1 N–H and O–H groups in total. The first-order valence-corrected chi connectivity index (χ1v) is 8.68. The van der Waals surface area contributed by atoms with Gasteiger partial charge in [0, 0.05) is 24.1 Å². The molecule has 0 bridgehead atoms. The first-order chi connectivity index (χ1) is 9.45. The average Bonchev–Trinajstić information content (AvgIpc) is 2.85. The molecule has 1 fully saturated rings. The zero-order valence-electron chi connectivity index (χ0n) is 10.6. The van der Waals surface area contributed by atoms with E-state index in [2.05, 4.69) is 21.2 Å². The SMILES string of the molecule is O=CNCC1CCN(S(=O)(=O)c2ccc(Br)cc2Cl)C1. The van der Waals surface area contributed by atoms with Gasteiger partial charge in [0.15, 0.2) is 0 Å². The van der Waals surface area contributed by atoms with Crippen LogP contribution in [0.15, 0.2) is 27.6 Å². The minimum Gasteiger partial charge on any atom is -0.358 e. The van der Waals surface area contributed by atoms with Crippen molar-refractivity contribution < 1.29 is 13.2 Å². The minimum atomic E-state index is -3.58. The Hall–Kier alpha value is -0.630. The van der Waals surface area contributed by atoms with Crippen LogP contribution in [0.25, 0.3) is 0 Å². The first-order valence-electron chi connectivity index (χ1n) is 6.07. The highest BCUT2D eigenvalue weighted by Gasteiger charge is 2.33. The van der Waals surface area contributed by atoms with Crippen LogP contribution in [-0.2, 0) is 14.8 Å². The van der Waals surface area contributed by atoms with E-state index < -0.39 is 10.0 Å². The molecule has 1 amide bonds. The fraction of sp³-hybridized carbons (Fsp3) is 0.417. The van der Waals surface area contributed by atoms with Gasteiger partial charge in [-0.05, 0) is 30.5 Å². The maximum Gasteiger partial charge on any atom is 0.244 e. The lowest BCUT2D eigenvalue weighted by Gasteiger charge is -2.17. The van der Waals surface area contributed by atoms with E-state index >= 15 is 0 Å². The number of rotatable bonds is 5. The Bertz CT molecular complexity index is 609. The van der Waals surface area contributed by atoms with E-state index in [1.807, 2.05) is 0 Å². The fourth-order valence-electron chi connectivity index (χ4n) is 2.22. The number of carbonyl (C=O) groups excluding carboxylic acids is 1. The van der Waals surface area contributed by atoms with Crippen molar-refractivity contribution in [1.29, 1.82) is 0 Å². The number of hydrogen-bond donors (Lipinski definition) is 1. The van der Waals surface area contributed by atoms with Gasteiger partial charge in [-0.15, -0.1) is 0 Å². The van der Waals surface area contributed by atoms with Gasteiger partial charge in [-0.25, -0.2) is 8.42 Å². The van der Waals surface area contributed by atoms with Crippen LogP contribution in [0.3, 0.4) is 0 Å². The largest absolute Gasteiger partial charge is 0.358 e. The number of sulfonamides is 1. The van der Waals surface area contributed by atoms with E-state index in [0.29, 0.717) is 26.0 Å². The Balaban J connectivity index is 2.17. The Kier molecular flexibility index (Phi) is 5.06. The Morgan fingerprint density at radius 1 is 1.50 bits per heavy atom. The van der Waals surface area contributed by atoms with Gasteiger partial charge in [0.1, 0.15) is 4.90 Å². The molecule has 0 saturated carbocycles. The van der Waals surface area contributed by atoms with Gasteiger partial charge >= 0.3 is 0 Å². The summed E-state index contributed by atoms with van der Waals surface area (Å²) >= 11 is 9.27. The highest BCUT2D eigenvalue weighted by molar-refractivity contribution is 9.10. The van der Waals surface area contributed by atoms with E-state index in [0.717, 1.165) is 10.9 Å². The predicted octanol–water partition coefficient (Wildman–Crippen LogP) is 1.86. The van der Waals surface area contributed by atoms with E-state index in [-0.39, 0.29) is 15.8 Å². The van der Waals surface area contributed by atoms with Crippen molar-refractivity contribution in [2.75, 3.05) is 19.6 Å². The van der Waals surface area contributed by atoms with Crippen LogP contribution in [0, 0.1) is 5.92 Å². The number of carbonyl (C=O) groups is 1. The Labute approximate surface area is 131 Å². The minimum absolute atomic E-state index is 0.117. The van der Waals surface area contributed by atoms with Crippen molar-refractivity contribution >= 4 is 44.0 Å². The van der Waals surface area contributed by atoms with E-state index in [1.165, 1.54) is 10.4 Å². The van der Waals surface area contributed by atoms with Crippen LogP contribution < -0.4 is 5.32 Å². The smallest absolute Gasteiger partial charge is 0.244 e. The number of benzene rings is 1. The molecule has 0 aliphatic carbocycles. The molecule has 0 aromatic heterocycles. The Morgan fingerprint density at radius 2 is 2.25 bits per heavy atom. The van der Waals surface area contributed by atoms with Crippen LogP contribution in [0.2, 0.25) is 5.02 Å². The van der Waals surface area contributed by atoms with Crippen LogP contribution in [0.5, 0.6) is 0 Å². The normalized spacial score (nSPS) is 20.0. The van der Waals surface area contributed by atoms with Crippen LogP contribution in [0.4, 0.5) is 0 Å². The van der Waals surface area contributed by atoms with Gasteiger partial charge in [0.2, 0.25) is 16.4 Å². The number of nitrogens with zero attached hydrogens (tertiary/aromatic N) is 1. The van der Waals surface area contributed by atoms with Gasteiger partial charge in [-0.2, -0.15) is 4.31 Å². The third kappa shape index (κ3) is 3.33. The second-order valence-corrected chi connectivity index (χ2v) is 7.85. The molecular formula is C12H14BrClN2O3S. The van der Waals surface area contributed by atoms with Gasteiger partial charge in [-0.3, -0.25) is 4.79 Å². The quantitative estimate of drug-likeness (QED) is 0.792. The highest BCUT2D eigenvalue weighted by Crippen LogP contribution is 2.30. The lowest BCUT2D eigenvalue weighted by molar-refractivity contribution is -0.109. The molecule has 1 heterocycles. The second kappa shape index (κ2) is 6.43. The summed E-state index contributed by atoms with van der Waals surface area (Å²) in [6, 6.07) is 4.72. The van der Waals surface area contributed by atoms with Gasteiger partial charge < -0.3 is 5.32 Å². The summed E-state index contributed by atoms with van der Waals surface area (Å²) in [4.78, 5) is 10.4. The lowest BCUT2D eigenvalue weighted by atomic mass is 10.1. The molecule has 5 nitrogen and oxygen atoms in total. The standard InChI is InChI=1S/C12H14BrClN2O3S/c13-10-1-2-12(11(14)5-10)20(18,19)16-4-3-9(7-16)6-15-8-17/h1-2,5,8-9H,3-4,6-7H2,(H,15,17). The molecule has 8 heteroatoms. The molecule has 1 aliphatic rings. The molecule has 0 spiro atoms. The van der Waals surface area contributed by atoms with Crippen LogP contribution >= 0.6 is 27.5 Å². The van der Waals surface area contributed by atoms with Crippen LogP contribution in [0.1, 0.15) is 6.42 Å². The van der Waals surface area contributed by atoms with Crippen molar-refractivity contribution in [2.24, 2.45) is 5.92 Å². The summed E-state index contributed by atoms with van der Waals surface area (Å²) in [6.45, 7) is 1.33. The maximum atomic E-state index is 12.5. The number of hydrogen-bond acceptors (Lipinski definition) is 3. The van der Waals surface area contributed by atoms with Crippen molar-refractivity contribution in [3.8, 4) is 0 Å². The molecule has 1 atom stereocenters. The van der Waals surface area contributed by atoms with E-state index in [1.54, 1.807) is 12.1 Å². The van der Waals surface area contributed by atoms with E-state index in [4.69, 9.17) is 11.6 Å². The van der Waals surface area contributed by atoms with Gasteiger partial charge in [0.05, 0.1) is 5.02 Å². The van der Waals surface area contributed by atoms with Crippen molar-refractivity contribution in [1.82, 2.24) is 9.62 Å². The molecule has 2 rings (SSSR count). The fourth-order valence-corrected chi connectivity index (χ4v) is 4.76. The van der Waals surface area contributed by atoms with Crippen molar-refractivity contribution in [3.63, 3.8) is 0 Å². The molecule has 1 saturated heterocycles. The van der Waals surface area contributed by atoms with Crippen LogP contribution in [-0.4, -0.2) is 38.8 Å². The number of nitrogens with one attached hydrogen (secondary N) is 1. The summed E-state index contributed by atoms with van der Waals surface area (Å²) in [5.41, 5.74) is 0. The van der Waals surface area contributed by atoms with E-state index in [9.17, 15) is 13.2 Å². The molecule has 0 radical (unpaired) electrons. The zero-order chi connectivity index (χ0) is 14.8. The molecule has 1 aromatic rings. The molecule has 20 heavy (non-hydrogen) atoms. The Morgan fingerprint density at radius 3 is 2.90 bits per heavy atom. The predicted molar refractivity (Wildman–Crippen MR) is 80.1 cm³/mol. The van der Waals surface area contributed by atoms with Crippen molar-refractivity contribution in [2.45, 2.75) is 11.3 Å². The molecule has 1 aliphatic heterocycles. The molecule has 110 valence electrons. The zero-order valence-corrected chi connectivity index (χ0v) is 13.7. The molecule has 1 unspecified atom stereocenters. The summed E-state index contributed by atoms with van der Waals surface area (Å²) in [7, 11) is -3.58. The van der Waals surface area contributed by atoms with Gasteiger partial charge in [-0.1, -0.05) is 27.5 Å². The summed E-state index contributed by atoms with van der Waals surface area (Å²) in [6.07, 6.45) is 1.36. The topological polar surface area (TPSA) is 66.5 Å². The number of halogens is 2. The molecule has 1 aromatic carbocycles. The highest BCUT2D eigenvalue weighted by atomic mass is 79.9. The van der Waals surface area contributed by atoms with Gasteiger partial charge in [0.25, 0.3) is 0 Å². The average molecular weight is 382 g/mol. The second-order valence-electron chi connectivity index (χ2n) is 4.62.